The summed E-state index contributed by atoms with van der Waals surface area (Å²) in [5.74, 6) is -0.148. The van der Waals surface area contributed by atoms with Gasteiger partial charge in [0.05, 0.1) is 22.3 Å². The van der Waals surface area contributed by atoms with Crippen molar-refractivity contribution in [2.45, 2.75) is 57.4 Å². The number of carbonyl (C=O) groups is 1. The number of carbonyl (C=O) groups excluding carboxylic acids is 1. The van der Waals surface area contributed by atoms with E-state index in [0.717, 1.165) is 31.4 Å². The first-order valence-electron chi connectivity index (χ1n) is 7.17. The summed E-state index contributed by atoms with van der Waals surface area (Å²) in [7, 11) is 0. The maximum Gasteiger partial charge on any atom is 0.255 e. The number of hydrogen-bond acceptors (Lipinski definition) is 3. The van der Waals surface area contributed by atoms with E-state index in [1.807, 2.05) is 6.92 Å². The van der Waals surface area contributed by atoms with Crippen LogP contribution in [0.5, 0.6) is 0 Å². The highest BCUT2D eigenvalue weighted by Gasteiger charge is 2.35. The minimum atomic E-state index is -0.545. The summed E-state index contributed by atoms with van der Waals surface area (Å²) in [4.78, 5) is 12.8. The summed E-state index contributed by atoms with van der Waals surface area (Å²) in [6.07, 6.45) is 8.87. The summed E-state index contributed by atoms with van der Waals surface area (Å²) >= 11 is 5.25. The smallest absolute Gasteiger partial charge is 0.255 e. The number of nitrogens with two attached hydrogens (primary N) is 1. The van der Waals surface area contributed by atoms with Crippen LogP contribution in [0.2, 0.25) is 0 Å². The summed E-state index contributed by atoms with van der Waals surface area (Å²) < 4.78 is 0. The monoisotopic (exact) mass is 294 g/mol. The molecule has 4 N–H and O–H groups in total. The molecule has 1 aliphatic rings. The van der Waals surface area contributed by atoms with Crippen LogP contribution in [0.1, 0.15) is 61.0 Å². The summed E-state index contributed by atoms with van der Waals surface area (Å²) in [6, 6.07) is 0. The molecule has 20 heavy (non-hydrogen) atoms. The summed E-state index contributed by atoms with van der Waals surface area (Å²) in [6.45, 7) is 1.83. The molecule has 110 valence electrons. The molecule has 1 aromatic heterocycles. The van der Waals surface area contributed by atoms with Gasteiger partial charge in [0.15, 0.2) is 0 Å². The normalized spacial score (nSPS) is 18.9. The van der Waals surface area contributed by atoms with Gasteiger partial charge in [-0.2, -0.15) is 5.10 Å². The maximum atomic E-state index is 12.4. The zero-order valence-electron chi connectivity index (χ0n) is 11.9. The molecule has 1 aliphatic carbocycles. The Bertz CT molecular complexity index is 489. The molecule has 2 rings (SSSR count). The second-order valence-electron chi connectivity index (χ2n) is 5.58. The average molecular weight is 294 g/mol. The number of nitrogens with one attached hydrogen (secondary N) is 2. The zero-order valence-corrected chi connectivity index (χ0v) is 12.7. The topological polar surface area (TPSA) is 83.8 Å². The van der Waals surface area contributed by atoms with Crippen molar-refractivity contribution in [2.75, 3.05) is 0 Å². The van der Waals surface area contributed by atoms with Crippen LogP contribution in [0.4, 0.5) is 0 Å². The lowest BCUT2D eigenvalue weighted by atomic mass is 9.83. The number of aromatic amines is 1. The van der Waals surface area contributed by atoms with E-state index in [4.69, 9.17) is 18.0 Å². The highest BCUT2D eigenvalue weighted by Crippen LogP contribution is 2.27. The molecular formula is C14H22N4OS. The summed E-state index contributed by atoms with van der Waals surface area (Å²) in [5, 5.41) is 9.74. The fraction of sp³-hybridized carbons (Fsp3) is 0.643. The van der Waals surface area contributed by atoms with Gasteiger partial charge >= 0.3 is 0 Å². The van der Waals surface area contributed by atoms with Gasteiger partial charge in [-0.15, -0.1) is 0 Å². The second-order valence-corrected chi connectivity index (χ2v) is 6.02. The van der Waals surface area contributed by atoms with Crippen molar-refractivity contribution in [1.29, 1.82) is 0 Å². The molecule has 1 aromatic rings. The molecule has 5 nitrogen and oxygen atoms in total. The van der Waals surface area contributed by atoms with Crippen LogP contribution in [0.15, 0.2) is 6.20 Å². The Hall–Kier alpha value is -1.43. The van der Waals surface area contributed by atoms with E-state index in [2.05, 4.69) is 15.5 Å². The van der Waals surface area contributed by atoms with E-state index < -0.39 is 5.54 Å². The Balaban J connectivity index is 2.17. The Kier molecular flexibility index (Phi) is 4.75. The van der Waals surface area contributed by atoms with Crippen molar-refractivity contribution in [3.8, 4) is 0 Å². The molecule has 0 atom stereocenters. The molecule has 0 aliphatic heterocycles. The van der Waals surface area contributed by atoms with Gasteiger partial charge in [-0.3, -0.25) is 9.89 Å². The molecule has 0 bridgehead atoms. The average Bonchev–Trinajstić information content (AvgIpc) is 2.78. The number of aromatic nitrogens is 2. The quantitative estimate of drug-likeness (QED) is 0.746. The third-order valence-electron chi connectivity index (χ3n) is 4.11. The number of aryl methyl sites for hydroxylation is 1. The van der Waals surface area contributed by atoms with E-state index in [1.165, 1.54) is 19.3 Å². The molecule has 0 radical (unpaired) electrons. The van der Waals surface area contributed by atoms with Gasteiger partial charge in [0.25, 0.3) is 5.91 Å². The van der Waals surface area contributed by atoms with Crippen molar-refractivity contribution >= 4 is 23.1 Å². The van der Waals surface area contributed by atoms with Crippen LogP contribution < -0.4 is 11.1 Å². The standard InChI is InChI=1S/C14H22N4OS/c1-10-11(9-16-18-10)12(19)17-14(13(15)20)7-5-3-2-4-6-8-14/h9H,2-8H2,1H3,(H2,15,20)(H,16,18)(H,17,19). The van der Waals surface area contributed by atoms with Gasteiger partial charge in [0, 0.05) is 5.69 Å². The van der Waals surface area contributed by atoms with E-state index in [9.17, 15) is 4.79 Å². The van der Waals surface area contributed by atoms with Crippen molar-refractivity contribution in [1.82, 2.24) is 15.5 Å². The first kappa shape index (κ1) is 15.0. The fourth-order valence-electron chi connectivity index (χ4n) is 2.81. The van der Waals surface area contributed by atoms with Gasteiger partial charge < -0.3 is 11.1 Å². The Morgan fingerprint density at radius 3 is 2.45 bits per heavy atom. The highest BCUT2D eigenvalue weighted by atomic mass is 32.1. The van der Waals surface area contributed by atoms with Gasteiger partial charge in [0.2, 0.25) is 0 Å². The SMILES string of the molecule is Cc1[nH]ncc1C(=O)NC1(C(N)=S)CCCCCCC1. The van der Waals surface area contributed by atoms with Crippen LogP contribution in [0.3, 0.4) is 0 Å². The molecular weight excluding hydrogens is 272 g/mol. The number of amides is 1. The Morgan fingerprint density at radius 2 is 1.95 bits per heavy atom. The third kappa shape index (κ3) is 3.17. The number of thiocarbonyl (C=S) groups is 1. The fourth-order valence-corrected chi connectivity index (χ4v) is 3.06. The van der Waals surface area contributed by atoms with Gasteiger partial charge in [0.1, 0.15) is 0 Å². The minimum Gasteiger partial charge on any atom is -0.391 e. The van der Waals surface area contributed by atoms with Crippen molar-refractivity contribution < 1.29 is 4.79 Å². The molecule has 1 fully saturated rings. The number of nitrogens with zero attached hydrogens (tertiary/aromatic N) is 1. The minimum absolute atomic E-state index is 0.148. The first-order chi connectivity index (χ1) is 9.55. The lowest BCUT2D eigenvalue weighted by molar-refractivity contribution is 0.0912. The van der Waals surface area contributed by atoms with E-state index in [-0.39, 0.29) is 5.91 Å². The van der Waals surface area contributed by atoms with Crippen molar-refractivity contribution in [3.63, 3.8) is 0 Å². The van der Waals surface area contributed by atoms with Crippen LogP contribution in [0.25, 0.3) is 0 Å². The van der Waals surface area contributed by atoms with E-state index in [0.29, 0.717) is 10.6 Å². The van der Waals surface area contributed by atoms with Crippen molar-refractivity contribution in [2.24, 2.45) is 5.73 Å². The van der Waals surface area contributed by atoms with Crippen LogP contribution in [-0.2, 0) is 0 Å². The Labute approximate surface area is 124 Å². The van der Waals surface area contributed by atoms with E-state index in [1.54, 1.807) is 6.20 Å². The van der Waals surface area contributed by atoms with Gasteiger partial charge in [-0.25, -0.2) is 0 Å². The van der Waals surface area contributed by atoms with Gasteiger partial charge in [-0.1, -0.05) is 44.3 Å². The van der Waals surface area contributed by atoms with Gasteiger partial charge in [-0.05, 0) is 19.8 Å². The zero-order chi connectivity index (χ0) is 14.6. The molecule has 0 unspecified atom stereocenters. The lowest BCUT2D eigenvalue weighted by Crippen LogP contribution is -2.57. The van der Waals surface area contributed by atoms with Crippen molar-refractivity contribution in [3.05, 3.63) is 17.5 Å². The predicted octanol–water partition coefficient (Wildman–Crippen LogP) is 2.22. The first-order valence-corrected chi connectivity index (χ1v) is 7.58. The third-order valence-corrected chi connectivity index (χ3v) is 4.50. The Morgan fingerprint density at radius 1 is 1.35 bits per heavy atom. The van der Waals surface area contributed by atoms with E-state index >= 15 is 0 Å². The molecule has 0 saturated heterocycles. The number of rotatable bonds is 3. The predicted molar refractivity (Wildman–Crippen MR) is 82.6 cm³/mol. The molecule has 1 amide bonds. The highest BCUT2D eigenvalue weighted by molar-refractivity contribution is 7.80. The largest absolute Gasteiger partial charge is 0.391 e. The van der Waals surface area contributed by atoms with Crippen LogP contribution in [-0.4, -0.2) is 26.6 Å². The maximum absolute atomic E-state index is 12.4. The van der Waals surface area contributed by atoms with Crippen LogP contribution >= 0.6 is 12.2 Å². The lowest BCUT2D eigenvalue weighted by Gasteiger charge is -2.35. The molecule has 1 heterocycles. The molecule has 6 heteroatoms. The molecule has 0 spiro atoms. The number of H-pyrrole nitrogens is 1. The second kappa shape index (κ2) is 6.35. The molecule has 1 saturated carbocycles. The summed E-state index contributed by atoms with van der Waals surface area (Å²) in [5.41, 5.74) is 6.72. The van der Waals surface area contributed by atoms with Crippen LogP contribution in [0, 0.1) is 6.92 Å². The molecule has 0 aromatic carbocycles. The number of hydrogen-bond donors (Lipinski definition) is 3.